The minimum Gasteiger partial charge on any atom is -0.465 e. The molecule has 1 amide bonds. The molecule has 1 heterocycles. The molecule has 1 rings (SSSR count). The number of primary amides is 1. The molecule has 1 saturated heterocycles. The van der Waals surface area contributed by atoms with E-state index in [0.717, 1.165) is 11.1 Å². The van der Waals surface area contributed by atoms with Crippen molar-refractivity contribution in [1.82, 2.24) is 0 Å². The maximum absolute atomic E-state index is 12.7. The van der Waals surface area contributed by atoms with Crippen LogP contribution < -0.4 is 5.73 Å². The zero-order valence-electron chi connectivity index (χ0n) is 18.4. The molecule has 1 aliphatic heterocycles. The molecular weight excluding hydrogens is 402 g/mol. The average Bonchev–Trinajstić information content (AvgIpc) is 3.48. The van der Waals surface area contributed by atoms with Crippen LogP contribution in [0.1, 0.15) is 34.1 Å². The lowest BCUT2D eigenvalue weighted by Crippen LogP contribution is -2.43. The highest BCUT2D eigenvalue weighted by molar-refractivity contribution is 6.22. The topological polar surface area (TPSA) is 136 Å². The third-order valence-corrected chi connectivity index (χ3v) is 4.60. The number of aliphatic hydroxyl groups excluding tert-OH is 1. The van der Waals surface area contributed by atoms with Gasteiger partial charge in [0.15, 0.2) is 11.9 Å². The molecule has 0 spiro atoms. The van der Waals surface area contributed by atoms with Gasteiger partial charge in [0.2, 0.25) is 11.4 Å². The van der Waals surface area contributed by atoms with E-state index in [4.69, 9.17) is 20.3 Å². The molecule has 0 aromatic heterocycles. The molecule has 3 N–H and O–H groups in total. The normalized spacial score (nSPS) is 22.5. The molecule has 8 nitrogen and oxygen atoms in total. The fourth-order valence-electron chi connectivity index (χ4n) is 2.94. The maximum Gasteiger partial charge on any atom is 0.337 e. The summed E-state index contributed by atoms with van der Waals surface area (Å²) in [7, 11) is 1.31. The summed E-state index contributed by atoms with van der Waals surface area (Å²) in [5.74, 6) is -2.70. The first kappa shape index (κ1) is 25.9. The van der Waals surface area contributed by atoms with Gasteiger partial charge in [0.25, 0.3) is 5.91 Å². The summed E-state index contributed by atoms with van der Waals surface area (Å²) in [5, 5.41) is 8.87. The van der Waals surface area contributed by atoms with E-state index in [1.807, 2.05) is 19.9 Å². The van der Waals surface area contributed by atoms with E-state index in [-0.39, 0.29) is 12.0 Å². The Kier molecular flexibility index (Phi) is 9.48. The Morgan fingerprint density at radius 2 is 1.77 bits per heavy atom. The van der Waals surface area contributed by atoms with Crippen LogP contribution in [-0.2, 0) is 28.7 Å². The van der Waals surface area contributed by atoms with Crippen molar-refractivity contribution in [1.29, 1.82) is 0 Å². The molecule has 168 valence electrons. The number of allylic oxidation sites excluding steroid dienone is 7. The highest BCUT2D eigenvalue weighted by Gasteiger charge is 2.70. The van der Waals surface area contributed by atoms with E-state index in [1.54, 1.807) is 31.2 Å². The van der Waals surface area contributed by atoms with Crippen LogP contribution in [0.2, 0.25) is 0 Å². The number of hydrogen-bond donors (Lipinski definition) is 2. The van der Waals surface area contributed by atoms with Gasteiger partial charge in [-0.05, 0) is 39.3 Å². The standard InChI is InChI=1S/C23H29NO7/c1-6-17(21(28)30-5)13-15(3)12-14(2)8-7-9-16(4)19(27)23(22(24)29)20(31-23)18(26)10-11-25/h6-9,12-13,20,25H,10-11H2,1-5H3,(H2,24,29)/b8-7+,14-12-,15-13+,16-9+,17-6+/t20-,23-/m0/s1. The second-order valence-electron chi connectivity index (χ2n) is 7.09. The molecule has 0 bridgehead atoms. The quantitative estimate of drug-likeness (QED) is 0.167. The van der Waals surface area contributed by atoms with E-state index in [1.165, 1.54) is 20.1 Å². The Morgan fingerprint density at radius 3 is 2.29 bits per heavy atom. The van der Waals surface area contributed by atoms with Crippen molar-refractivity contribution in [2.24, 2.45) is 5.73 Å². The molecule has 1 fully saturated rings. The lowest BCUT2D eigenvalue weighted by atomic mass is 9.91. The minimum absolute atomic E-state index is 0.191. The number of epoxide rings is 1. The molecule has 8 heteroatoms. The SMILES string of the molecule is C\C=C(/C=C(C)/C=C(C)\C=C\C=C(/C)C(=O)[C@]1(C(N)=O)O[C@H]1C(=O)CCO)C(=O)OC. The summed E-state index contributed by atoms with van der Waals surface area (Å²) in [6, 6.07) is 0. The number of nitrogens with two attached hydrogens (primary N) is 1. The average molecular weight is 431 g/mol. The van der Waals surface area contributed by atoms with Gasteiger partial charge in [-0.3, -0.25) is 14.4 Å². The Bertz CT molecular complexity index is 905. The summed E-state index contributed by atoms with van der Waals surface area (Å²) in [6.07, 6.45) is 8.54. The third-order valence-electron chi connectivity index (χ3n) is 4.60. The van der Waals surface area contributed by atoms with Crippen LogP contribution in [-0.4, -0.2) is 54.0 Å². The lowest BCUT2D eigenvalue weighted by molar-refractivity contribution is -0.136. The summed E-state index contributed by atoms with van der Waals surface area (Å²) in [4.78, 5) is 48.0. The number of aliphatic hydroxyl groups is 1. The van der Waals surface area contributed by atoms with Crippen molar-refractivity contribution in [3.8, 4) is 0 Å². The summed E-state index contributed by atoms with van der Waals surface area (Å²) < 4.78 is 9.81. The number of hydrogen-bond acceptors (Lipinski definition) is 7. The molecule has 0 aromatic rings. The number of carbonyl (C=O) groups excluding carboxylic acids is 4. The maximum atomic E-state index is 12.7. The van der Waals surface area contributed by atoms with Crippen LogP contribution in [0.5, 0.6) is 0 Å². The van der Waals surface area contributed by atoms with Gasteiger partial charge < -0.3 is 20.3 Å². The van der Waals surface area contributed by atoms with Gasteiger partial charge >= 0.3 is 5.97 Å². The number of rotatable bonds is 11. The van der Waals surface area contributed by atoms with Gasteiger partial charge in [-0.2, -0.15) is 0 Å². The molecule has 31 heavy (non-hydrogen) atoms. The Balaban J connectivity index is 2.94. The van der Waals surface area contributed by atoms with Crippen LogP contribution >= 0.6 is 0 Å². The minimum atomic E-state index is -2.00. The second-order valence-corrected chi connectivity index (χ2v) is 7.09. The van der Waals surface area contributed by atoms with Crippen molar-refractivity contribution in [2.45, 2.75) is 45.8 Å². The van der Waals surface area contributed by atoms with Crippen molar-refractivity contribution < 1.29 is 33.8 Å². The van der Waals surface area contributed by atoms with E-state index in [2.05, 4.69) is 0 Å². The fourth-order valence-corrected chi connectivity index (χ4v) is 2.94. The van der Waals surface area contributed by atoms with E-state index >= 15 is 0 Å². The largest absolute Gasteiger partial charge is 0.465 e. The smallest absolute Gasteiger partial charge is 0.337 e. The molecule has 1 aliphatic rings. The Hall–Kier alpha value is -3.10. The van der Waals surface area contributed by atoms with E-state index in [0.29, 0.717) is 5.57 Å². The first-order valence-electron chi connectivity index (χ1n) is 9.67. The van der Waals surface area contributed by atoms with Gasteiger partial charge in [0, 0.05) is 6.42 Å². The number of carbonyl (C=O) groups is 4. The van der Waals surface area contributed by atoms with Crippen LogP contribution in [0.3, 0.4) is 0 Å². The highest BCUT2D eigenvalue weighted by Crippen LogP contribution is 2.40. The van der Waals surface area contributed by atoms with Crippen molar-refractivity contribution >= 4 is 23.4 Å². The van der Waals surface area contributed by atoms with Gasteiger partial charge in [-0.15, -0.1) is 0 Å². The molecule has 0 saturated carbocycles. The molecular formula is C23H29NO7. The first-order chi connectivity index (χ1) is 14.5. The molecule has 0 aromatic carbocycles. The molecule has 0 aliphatic carbocycles. The van der Waals surface area contributed by atoms with Gasteiger partial charge in [0.05, 0.1) is 19.3 Å². The predicted molar refractivity (Wildman–Crippen MR) is 115 cm³/mol. The predicted octanol–water partition coefficient (Wildman–Crippen LogP) is 1.64. The molecule has 0 radical (unpaired) electrons. The molecule has 2 atom stereocenters. The number of Topliss-reactive ketones (excluding diaryl/α,β-unsaturated/α-hetero) is 2. The lowest BCUT2D eigenvalue weighted by Gasteiger charge is -2.07. The van der Waals surface area contributed by atoms with Crippen LogP contribution in [0.4, 0.5) is 0 Å². The Morgan fingerprint density at radius 1 is 1.13 bits per heavy atom. The first-order valence-corrected chi connectivity index (χ1v) is 9.67. The van der Waals surface area contributed by atoms with Crippen LogP contribution in [0, 0.1) is 0 Å². The summed E-state index contributed by atoms with van der Waals surface area (Å²) in [6.45, 7) is 6.49. The van der Waals surface area contributed by atoms with Crippen LogP contribution in [0.25, 0.3) is 0 Å². The van der Waals surface area contributed by atoms with E-state index in [9.17, 15) is 19.2 Å². The monoisotopic (exact) mass is 431 g/mol. The van der Waals surface area contributed by atoms with Crippen molar-refractivity contribution in [3.05, 3.63) is 58.7 Å². The highest BCUT2D eigenvalue weighted by atomic mass is 16.6. The molecule has 0 unspecified atom stereocenters. The number of ether oxygens (including phenoxy) is 2. The zero-order valence-corrected chi connectivity index (χ0v) is 18.4. The van der Waals surface area contributed by atoms with E-state index < -0.39 is 41.8 Å². The third kappa shape index (κ3) is 6.44. The number of methoxy groups -OCH3 is 1. The van der Waals surface area contributed by atoms with Gasteiger partial charge in [0.1, 0.15) is 0 Å². The van der Waals surface area contributed by atoms with Gasteiger partial charge in [-0.1, -0.05) is 41.5 Å². The fraction of sp³-hybridized carbons (Fsp3) is 0.391. The second kappa shape index (κ2) is 11.3. The number of ketones is 2. The Labute approximate surface area is 181 Å². The summed E-state index contributed by atoms with van der Waals surface area (Å²) in [5.41, 5.74) is 5.60. The zero-order chi connectivity index (χ0) is 23.8. The number of amides is 1. The number of esters is 1. The van der Waals surface area contributed by atoms with Crippen LogP contribution in [0.15, 0.2) is 58.7 Å². The van der Waals surface area contributed by atoms with Crippen molar-refractivity contribution in [2.75, 3.05) is 13.7 Å². The van der Waals surface area contributed by atoms with Crippen molar-refractivity contribution in [3.63, 3.8) is 0 Å². The van der Waals surface area contributed by atoms with Gasteiger partial charge in [-0.25, -0.2) is 4.79 Å². The summed E-state index contributed by atoms with van der Waals surface area (Å²) >= 11 is 0.